The Hall–Kier alpha value is -2.50. The first-order valence-electron chi connectivity index (χ1n) is 7.69. The maximum Gasteiger partial charge on any atom is 0.223 e. The molecule has 0 aliphatic carbocycles. The van der Waals surface area contributed by atoms with E-state index in [9.17, 15) is 9.90 Å². The predicted octanol–water partition coefficient (Wildman–Crippen LogP) is 2.23. The lowest BCUT2D eigenvalue weighted by Gasteiger charge is -2.26. The van der Waals surface area contributed by atoms with Gasteiger partial charge >= 0.3 is 0 Å². The minimum absolute atomic E-state index is 0.0158. The Morgan fingerprint density at radius 3 is 3.09 bits per heavy atom. The second-order valence-electron chi connectivity index (χ2n) is 5.93. The Bertz CT molecular complexity index is 750. The van der Waals surface area contributed by atoms with Crippen LogP contribution in [0.5, 0.6) is 0 Å². The van der Waals surface area contributed by atoms with Gasteiger partial charge in [-0.3, -0.25) is 4.79 Å². The Morgan fingerprint density at radius 2 is 2.30 bits per heavy atom. The predicted molar refractivity (Wildman–Crippen MR) is 86.7 cm³/mol. The molecule has 23 heavy (non-hydrogen) atoms. The van der Waals surface area contributed by atoms with Crippen LogP contribution in [0.3, 0.4) is 0 Å². The standard InChI is InChI=1S/C16H19N5O2/c17-20-19-7-11-5-16(23)21(9-11)13(10-22)6-12-8-18-15-4-2-1-3-14(12)15/h1-4,8,11,13,18,22H,5-7,9-10H2. The maximum atomic E-state index is 12.2. The molecule has 3 rings (SSSR count). The fourth-order valence-corrected chi connectivity index (χ4v) is 3.26. The molecule has 1 aromatic heterocycles. The summed E-state index contributed by atoms with van der Waals surface area (Å²) in [6.45, 7) is 0.773. The lowest BCUT2D eigenvalue weighted by molar-refractivity contribution is -0.130. The minimum atomic E-state index is -0.252. The van der Waals surface area contributed by atoms with Crippen molar-refractivity contribution < 1.29 is 9.90 Å². The zero-order valence-corrected chi connectivity index (χ0v) is 12.7. The van der Waals surface area contributed by atoms with Crippen LogP contribution >= 0.6 is 0 Å². The first-order valence-corrected chi connectivity index (χ1v) is 7.69. The van der Waals surface area contributed by atoms with Gasteiger partial charge in [0.25, 0.3) is 0 Å². The summed E-state index contributed by atoms with van der Waals surface area (Å²) in [7, 11) is 0. The van der Waals surface area contributed by atoms with Crippen molar-refractivity contribution in [3.63, 3.8) is 0 Å². The molecule has 2 N–H and O–H groups in total. The number of carbonyl (C=O) groups excluding carboxylic acids is 1. The molecule has 2 unspecified atom stereocenters. The number of aliphatic hydroxyl groups excluding tert-OH is 1. The average Bonchev–Trinajstić information content (AvgIpc) is 3.14. The molecule has 1 fully saturated rings. The lowest BCUT2D eigenvalue weighted by atomic mass is 10.0. The molecule has 7 nitrogen and oxygen atoms in total. The molecular formula is C16H19N5O2. The fourth-order valence-electron chi connectivity index (χ4n) is 3.26. The Labute approximate surface area is 133 Å². The Kier molecular flexibility index (Phi) is 4.50. The molecule has 0 spiro atoms. The normalized spacial score (nSPS) is 19.1. The number of H-pyrrole nitrogens is 1. The number of fused-ring (bicyclic) bond motifs is 1. The van der Waals surface area contributed by atoms with Crippen LogP contribution in [0.25, 0.3) is 21.3 Å². The monoisotopic (exact) mass is 313 g/mol. The number of aliphatic hydroxyl groups is 1. The van der Waals surface area contributed by atoms with Crippen molar-refractivity contribution in [1.29, 1.82) is 0 Å². The van der Waals surface area contributed by atoms with E-state index >= 15 is 0 Å². The van der Waals surface area contributed by atoms with Gasteiger partial charge in [-0.05, 0) is 29.5 Å². The van der Waals surface area contributed by atoms with Crippen molar-refractivity contribution in [1.82, 2.24) is 9.88 Å². The van der Waals surface area contributed by atoms with E-state index in [0.717, 1.165) is 16.5 Å². The zero-order chi connectivity index (χ0) is 16.2. The molecule has 1 aliphatic heterocycles. The molecule has 0 radical (unpaired) electrons. The molecule has 120 valence electrons. The van der Waals surface area contributed by atoms with Crippen molar-refractivity contribution in [2.45, 2.75) is 18.9 Å². The van der Waals surface area contributed by atoms with Gasteiger partial charge in [-0.1, -0.05) is 23.3 Å². The van der Waals surface area contributed by atoms with Crippen molar-refractivity contribution in [2.75, 3.05) is 19.7 Å². The van der Waals surface area contributed by atoms with Crippen molar-refractivity contribution in [2.24, 2.45) is 11.0 Å². The van der Waals surface area contributed by atoms with Gasteiger partial charge in [-0.15, -0.1) is 0 Å². The average molecular weight is 313 g/mol. The molecule has 1 aromatic carbocycles. The smallest absolute Gasteiger partial charge is 0.223 e. The SMILES string of the molecule is [N-]=[N+]=NCC1CC(=O)N(C(CO)Cc2c[nH]c3ccccc23)C1. The van der Waals surface area contributed by atoms with E-state index in [-0.39, 0.29) is 24.5 Å². The van der Waals surface area contributed by atoms with Gasteiger partial charge in [0.1, 0.15) is 0 Å². The third-order valence-electron chi connectivity index (χ3n) is 4.42. The molecule has 7 heteroatoms. The fraction of sp³-hybridized carbons (Fsp3) is 0.438. The molecule has 2 aromatic rings. The molecule has 0 saturated carbocycles. The Morgan fingerprint density at radius 1 is 1.48 bits per heavy atom. The molecule has 2 heterocycles. The highest BCUT2D eigenvalue weighted by Crippen LogP contribution is 2.25. The first kappa shape index (κ1) is 15.4. The number of nitrogens with zero attached hydrogens (tertiary/aromatic N) is 4. The quantitative estimate of drug-likeness (QED) is 0.485. The van der Waals surface area contributed by atoms with Gasteiger partial charge in [0.15, 0.2) is 0 Å². The van der Waals surface area contributed by atoms with E-state index < -0.39 is 0 Å². The van der Waals surface area contributed by atoms with E-state index in [1.807, 2.05) is 30.5 Å². The number of rotatable bonds is 6. The number of hydrogen-bond acceptors (Lipinski definition) is 3. The third kappa shape index (κ3) is 3.16. The van der Waals surface area contributed by atoms with Gasteiger partial charge in [0.05, 0.1) is 12.6 Å². The van der Waals surface area contributed by atoms with Crippen LogP contribution in [0.4, 0.5) is 0 Å². The van der Waals surface area contributed by atoms with Crippen molar-refractivity contribution >= 4 is 16.8 Å². The highest BCUT2D eigenvalue weighted by molar-refractivity contribution is 5.83. The number of azide groups is 1. The van der Waals surface area contributed by atoms with Crippen LogP contribution in [0.1, 0.15) is 12.0 Å². The summed E-state index contributed by atoms with van der Waals surface area (Å²) in [5.74, 6) is 0.0532. The minimum Gasteiger partial charge on any atom is -0.394 e. The summed E-state index contributed by atoms with van der Waals surface area (Å²) in [6.07, 6.45) is 2.91. The van der Waals surface area contributed by atoms with Gasteiger partial charge in [-0.2, -0.15) is 0 Å². The molecule has 1 amide bonds. The number of hydrogen-bond donors (Lipinski definition) is 2. The number of likely N-dealkylation sites (tertiary alicyclic amines) is 1. The zero-order valence-electron chi connectivity index (χ0n) is 12.7. The first-order chi connectivity index (χ1) is 11.2. The van der Waals surface area contributed by atoms with Gasteiger partial charge in [-0.25, -0.2) is 0 Å². The molecule has 0 bridgehead atoms. The number of amides is 1. The third-order valence-corrected chi connectivity index (χ3v) is 4.42. The Balaban J connectivity index is 1.75. The van der Waals surface area contributed by atoms with Crippen molar-refractivity contribution in [3.8, 4) is 0 Å². The van der Waals surface area contributed by atoms with E-state index in [2.05, 4.69) is 15.0 Å². The number of aromatic amines is 1. The summed E-state index contributed by atoms with van der Waals surface area (Å²) in [4.78, 5) is 19.9. The van der Waals surface area contributed by atoms with Gasteiger partial charge in [0, 0.05) is 41.5 Å². The molecule has 1 saturated heterocycles. The summed E-state index contributed by atoms with van der Waals surface area (Å²) in [5.41, 5.74) is 10.5. The van der Waals surface area contributed by atoms with E-state index in [0.29, 0.717) is 25.9 Å². The van der Waals surface area contributed by atoms with Crippen LogP contribution in [-0.2, 0) is 11.2 Å². The van der Waals surface area contributed by atoms with Crippen LogP contribution in [0, 0.1) is 5.92 Å². The maximum absolute atomic E-state index is 12.2. The summed E-state index contributed by atoms with van der Waals surface area (Å²) in [6, 6.07) is 7.73. The molecule has 1 aliphatic rings. The van der Waals surface area contributed by atoms with Gasteiger partial charge < -0.3 is 15.0 Å². The number of carbonyl (C=O) groups is 1. The van der Waals surface area contributed by atoms with Crippen LogP contribution < -0.4 is 0 Å². The number of benzene rings is 1. The lowest BCUT2D eigenvalue weighted by Crippen LogP contribution is -2.40. The number of aromatic nitrogens is 1. The van der Waals surface area contributed by atoms with Gasteiger partial charge in [0.2, 0.25) is 5.91 Å². The summed E-state index contributed by atoms with van der Waals surface area (Å²) in [5, 5.41) is 14.4. The highest BCUT2D eigenvalue weighted by Gasteiger charge is 2.33. The largest absolute Gasteiger partial charge is 0.394 e. The van der Waals surface area contributed by atoms with E-state index in [1.165, 1.54) is 0 Å². The topological polar surface area (TPSA) is 105 Å². The summed E-state index contributed by atoms with van der Waals surface area (Å²) >= 11 is 0. The number of para-hydroxylation sites is 1. The summed E-state index contributed by atoms with van der Waals surface area (Å²) < 4.78 is 0. The number of nitrogens with one attached hydrogen (secondary N) is 1. The molecular weight excluding hydrogens is 294 g/mol. The second-order valence-corrected chi connectivity index (χ2v) is 5.93. The molecule has 2 atom stereocenters. The van der Waals surface area contributed by atoms with Crippen LogP contribution in [0.15, 0.2) is 35.6 Å². The van der Waals surface area contributed by atoms with Crippen LogP contribution in [0.2, 0.25) is 0 Å². The highest BCUT2D eigenvalue weighted by atomic mass is 16.3. The second kappa shape index (κ2) is 6.73. The van der Waals surface area contributed by atoms with E-state index in [1.54, 1.807) is 4.90 Å². The van der Waals surface area contributed by atoms with Crippen molar-refractivity contribution in [3.05, 3.63) is 46.5 Å². The van der Waals surface area contributed by atoms with Crippen LogP contribution in [-0.4, -0.2) is 46.6 Å². The van der Waals surface area contributed by atoms with E-state index in [4.69, 9.17) is 5.53 Å².